The normalized spacial score (nSPS) is 14.2. The first-order valence-electron chi connectivity index (χ1n) is 8.20. The lowest BCUT2D eigenvalue weighted by Crippen LogP contribution is -2.38. The van der Waals surface area contributed by atoms with Crippen molar-refractivity contribution in [3.8, 4) is 0 Å². The summed E-state index contributed by atoms with van der Waals surface area (Å²) in [6, 6.07) is 4.76. The molecule has 0 radical (unpaired) electrons. The molecular formula is C18H21ClFN3O. The number of imidazole rings is 1. The van der Waals surface area contributed by atoms with E-state index in [-0.39, 0.29) is 23.7 Å². The fourth-order valence-corrected chi connectivity index (χ4v) is 2.94. The Morgan fingerprint density at radius 3 is 2.83 bits per heavy atom. The molecule has 1 fully saturated rings. The predicted molar refractivity (Wildman–Crippen MR) is 91.1 cm³/mol. The lowest BCUT2D eigenvalue weighted by molar-refractivity contribution is -0.135. The van der Waals surface area contributed by atoms with Gasteiger partial charge in [0.25, 0.3) is 0 Å². The Labute approximate surface area is 146 Å². The average molecular weight is 350 g/mol. The van der Waals surface area contributed by atoms with E-state index in [0.717, 1.165) is 18.7 Å². The van der Waals surface area contributed by atoms with Crippen LogP contribution in [0.3, 0.4) is 0 Å². The highest BCUT2D eigenvalue weighted by Crippen LogP contribution is 2.32. The van der Waals surface area contributed by atoms with Gasteiger partial charge in [-0.1, -0.05) is 17.7 Å². The topological polar surface area (TPSA) is 38.1 Å². The van der Waals surface area contributed by atoms with Gasteiger partial charge in [0.2, 0.25) is 5.91 Å². The molecule has 1 saturated carbocycles. The van der Waals surface area contributed by atoms with Gasteiger partial charge in [-0.3, -0.25) is 4.79 Å². The predicted octanol–water partition coefficient (Wildman–Crippen LogP) is 3.87. The standard InChI is InChI=1S/C18H21ClFN3O/c1-12(2)23(18(24)13-6-7-13)11-17-21-8-9-22(17)10-14-15(19)4-3-5-16(14)20/h3-5,8-9,12-13H,6-7,10-11H2,1-2H3. The van der Waals surface area contributed by atoms with Crippen LogP contribution in [0, 0.1) is 11.7 Å². The summed E-state index contributed by atoms with van der Waals surface area (Å²) in [5.41, 5.74) is 0.433. The minimum absolute atomic E-state index is 0.0975. The third-order valence-electron chi connectivity index (χ3n) is 4.34. The number of carbonyl (C=O) groups excluding carboxylic acids is 1. The largest absolute Gasteiger partial charge is 0.333 e. The Hall–Kier alpha value is -1.88. The van der Waals surface area contributed by atoms with Crippen molar-refractivity contribution in [2.75, 3.05) is 0 Å². The second kappa shape index (κ2) is 6.93. The molecule has 1 aromatic heterocycles. The summed E-state index contributed by atoms with van der Waals surface area (Å²) in [7, 11) is 0. The second-order valence-electron chi connectivity index (χ2n) is 6.51. The summed E-state index contributed by atoms with van der Waals surface area (Å²) in [4.78, 5) is 18.7. The van der Waals surface area contributed by atoms with Crippen molar-refractivity contribution in [1.82, 2.24) is 14.5 Å². The van der Waals surface area contributed by atoms with Crippen molar-refractivity contribution in [1.29, 1.82) is 0 Å². The van der Waals surface area contributed by atoms with E-state index in [2.05, 4.69) is 4.98 Å². The Morgan fingerprint density at radius 1 is 1.46 bits per heavy atom. The smallest absolute Gasteiger partial charge is 0.226 e. The van der Waals surface area contributed by atoms with Crippen molar-refractivity contribution < 1.29 is 9.18 Å². The molecule has 0 spiro atoms. The fraction of sp³-hybridized carbons (Fsp3) is 0.444. The molecule has 0 bridgehead atoms. The molecule has 24 heavy (non-hydrogen) atoms. The highest BCUT2D eigenvalue weighted by molar-refractivity contribution is 6.31. The van der Waals surface area contributed by atoms with Gasteiger partial charge in [0.15, 0.2) is 0 Å². The molecule has 1 heterocycles. The third-order valence-corrected chi connectivity index (χ3v) is 4.69. The molecule has 1 aliphatic rings. The third kappa shape index (κ3) is 3.61. The van der Waals surface area contributed by atoms with Crippen LogP contribution in [0.25, 0.3) is 0 Å². The first-order chi connectivity index (χ1) is 11.5. The maximum absolute atomic E-state index is 14.0. The van der Waals surface area contributed by atoms with Crippen LogP contribution in [0.5, 0.6) is 0 Å². The van der Waals surface area contributed by atoms with Crippen LogP contribution in [-0.2, 0) is 17.9 Å². The molecule has 0 atom stereocenters. The molecule has 2 aromatic rings. The zero-order chi connectivity index (χ0) is 17.3. The second-order valence-corrected chi connectivity index (χ2v) is 6.91. The molecule has 1 aromatic carbocycles. The lowest BCUT2D eigenvalue weighted by Gasteiger charge is -2.27. The van der Waals surface area contributed by atoms with Crippen molar-refractivity contribution in [3.63, 3.8) is 0 Å². The number of hydrogen-bond donors (Lipinski definition) is 0. The molecule has 0 saturated heterocycles. The van der Waals surface area contributed by atoms with Gasteiger partial charge in [0.1, 0.15) is 11.6 Å². The van der Waals surface area contributed by atoms with Crippen LogP contribution >= 0.6 is 11.6 Å². The van der Waals surface area contributed by atoms with Crippen molar-refractivity contribution in [3.05, 3.63) is 52.8 Å². The van der Waals surface area contributed by atoms with E-state index in [9.17, 15) is 9.18 Å². The van der Waals surface area contributed by atoms with E-state index < -0.39 is 0 Å². The highest BCUT2D eigenvalue weighted by Gasteiger charge is 2.34. The van der Waals surface area contributed by atoms with Gasteiger partial charge in [-0.15, -0.1) is 0 Å². The number of benzene rings is 1. The number of halogens is 2. The van der Waals surface area contributed by atoms with E-state index in [1.54, 1.807) is 24.5 Å². The summed E-state index contributed by atoms with van der Waals surface area (Å²) in [5.74, 6) is 0.745. The Morgan fingerprint density at radius 2 is 2.21 bits per heavy atom. The van der Waals surface area contributed by atoms with Crippen LogP contribution in [0.15, 0.2) is 30.6 Å². The van der Waals surface area contributed by atoms with Gasteiger partial charge >= 0.3 is 0 Å². The first-order valence-corrected chi connectivity index (χ1v) is 8.58. The number of carbonyl (C=O) groups is 1. The van der Waals surface area contributed by atoms with E-state index in [1.807, 2.05) is 23.3 Å². The van der Waals surface area contributed by atoms with E-state index in [4.69, 9.17) is 11.6 Å². The van der Waals surface area contributed by atoms with Crippen LogP contribution in [0.1, 0.15) is 38.1 Å². The quantitative estimate of drug-likeness (QED) is 0.794. The zero-order valence-corrected chi connectivity index (χ0v) is 14.6. The van der Waals surface area contributed by atoms with E-state index in [0.29, 0.717) is 23.7 Å². The molecule has 1 aliphatic carbocycles. The van der Waals surface area contributed by atoms with Gasteiger partial charge in [-0.2, -0.15) is 0 Å². The van der Waals surface area contributed by atoms with Crippen LogP contribution in [0.2, 0.25) is 5.02 Å². The summed E-state index contributed by atoms with van der Waals surface area (Å²) in [6.45, 7) is 4.72. The average Bonchev–Trinajstić information content (AvgIpc) is 3.29. The number of aromatic nitrogens is 2. The Bertz CT molecular complexity index is 719. The zero-order valence-electron chi connectivity index (χ0n) is 13.9. The number of nitrogens with zero attached hydrogens (tertiary/aromatic N) is 3. The van der Waals surface area contributed by atoms with E-state index >= 15 is 0 Å². The van der Waals surface area contributed by atoms with Gasteiger partial charge in [-0.25, -0.2) is 9.37 Å². The molecule has 0 N–H and O–H groups in total. The number of rotatable bonds is 6. The minimum Gasteiger partial charge on any atom is -0.333 e. The minimum atomic E-state index is -0.336. The summed E-state index contributed by atoms with van der Waals surface area (Å²) < 4.78 is 15.9. The summed E-state index contributed by atoms with van der Waals surface area (Å²) in [5, 5.41) is 0.393. The maximum Gasteiger partial charge on any atom is 0.226 e. The summed E-state index contributed by atoms with van der Waals surface area (Å²) in [6.07, 6.45) is 5.41. The highest BCUT2D eigenvalue weighted by atomic mass is 35.5. The van der Waals surface area contributed by atoms with Gasteiger partial charge in [0.05, 0.1) is 13.1 Å². The Balaban J connectivity index is 1.80. The maximum atomic E-state index is 14.0. The molecule has 3 rings (SSSR count). The van der Waals surface area contributed by atoms with Crippen molar-refractivity contribution in [2.24, 2.45) is 5.92 Å². The van der Waals surface area contributed by atoms with Crippen molar-refractivity contribution >= 4 is 17.5 Å². The van der Waals surface area contributed by atoms with Gasteiger partial charge in [0, 0.05) is 34.9 Å². The number of amides is 1. The lowest BCUT2D eigenvalue weighted by atomic mass is 10.2. The van der Waals surface area contributed by atoms with Gasteiger partial charge in [-0.05, 0) is 38.8 Å². The van der Waals surface area contributed by atoms with Gasteiger partial charge < -0.3 is 9.47 Å². The molecule has 6 heteroatoms. The molecular weight excluding hydrogens is 329 g/mol. The van der Waals surface area contributed by atoms with Crippen molar-refractivity contribution in [2.45, 2.75) is 45.8 Å². The summed E-state index contributed by atoms with van der Waals surface area (Å²) >= 11 is 6.12. The molecule has 0 aliphatic heterocycles. The monoisotopic (exact) mass is 349 g/mol. The SMILES string of the molecule is CC(C)N(Cc1nccn1Cc1c(F)cccc1Cl)C(=O)C1CC1. The fourth-order valence-electron chi connectivity index (χ4n) is 2.72. The molecule has 1 amide bonds. The van der Waals surface area contributed by atoms with Crippen LogP contribution in [-0.4, -0.2) is 26.4 Å². The van der Waals surface area contributed by atoms with Crippen LogP contribution in [0.4, 0.5) is 4.39 Å². The molecule has 128 valence electrons. The van der Waals surface area contributed by atoms with E-state index in [1.165, 1.54) is 6.07 Å². The molecule has 4 nitrogen and oxygen atoms in total. The first kappa shape index (κ1) is 17.0. The molecule has 0 unspecified atom stereocenters. The Kier molecular flexibility index (Phi) is 4.90. The van der Waals surface area contributed by atoms with Crippen LogP contribution < -0.4 is 0 Å². The number of hydrogen-bond acceptors (Lipinski definition) is 2.